The molecule has 154 valence electrons. The largest absolute Gasteiger partial charge is 0.480 e. The van der Waals surface area contributed by atoms with Crippen molar-refractivity contribution in [2.24, 2.45) is 17.6 Å². The molecule has 0 aromatic heterocycles. The molecular formula is C18H32N4O5. The summed E-state index contributed by atoms with van der Waals surface area (Å²) in [5.41, 5.74) is 5.79. The van der Waals surface area contributed by atoms with Crippen LogP contribution in [0.2, 0.25) is 0 Å². The molecule has 1 aliphatic rings. The Morgan fingerprint density at radius 3 is 2.11 bits per heavy atom. The van der Waals surface area contributed by atoms with E-state index in [0.717, 1.165) is 0 Å². The first-order chi connectivity index (χ1) is 12.5. The number of nitrogens with zero attached hydrogens (tertiary/aromatic N) is 1. The van der Waals surface area contributed by atoms with E-state index in [1.54, 1.807) is 20.8 Å². The van der Waals surface area contributed by atoms with Crippen LogP contribution < -0.4 is 16.4 Å². The summed E-state index contributed by atoms with van der Waals surface area (Å²) in [4.78, 5) is 50.0. The van der Waals surface area contributed by atoms with E-state index in [0.29, 0.717) is 19.4 Å². The van der Waals surface area contributed by atoms with Gasteiger partial charge in [-0.2, -0.15) is 0 Å². The van der Waals surface area contributed by atoms with E-state index in [1.165, 1.54) is 4.90 Å². The van der Waals surface area contributed by atoms with Crippen LogP contribution in [-0.2, 0) is 19.2 Å². The minimum Gasteiger partial charge on any atom is -0.480 e. The van der Waals surface area contributed by atoms with E-state index in [9.17, 15) is 24.3 Å². The zero-order chi connectivity index (χ0) is 20.9. The lowest BCUT2D eigenvalue weighted by Gasteiger charge is -2.29. The van der Waals surface area contributed by atoms with E-state index in [1.807, 2.05) is 13.8 Å². The van der Waals surface area contributed by atoms with Gasteiger partial charge in [0.05, 0.1) is 6.04 Å². The summed E-state index contributed by atoms with van der Waals surface area (Å²) in [6.45, 7) is 8.95. The van der Waals surface area contributed by atoms with Crippen molar-refractivity contribution in [1.29, 1.82) is 0 Å². The number of likely N-dealkylation sites (tertiary alicyclic amines) is 1. The van der Waals surface area contributed by atoms with Gasteiger partial charge >= 0.3 is 5.97 Å². The van der Waals surface area contributed by atoms with Crippen LogP contribution in [0, 0.1) is 11.8 Å². The molecule has 1 aliphatic heterocycles. The Hall–Kier alpha value is -2.16. The second-order valence-corrected chi connectivity index (χ2v) is 7.76. The van der Waals surface area contributed by atoms with Gasteiger partial charge in [0.1, 0.15) is 18.1 Å². The molecule has 9 nitrogen and oxygen atoms in total. The highest BCUT2D eigenvalue weighted by atomic mass is 16.4. The molecular weight excluding hydrogens is 352 g/mol. The van der Waals surface area contributed by atoms with Crippen molar-refractivity contribution in [3.8, 4) is 0 Å². The van der Waals surface area contributed by atoms with E-state index in [2.05, 4.69) is 10.6 Å². The molecule has 4 unspecified atom stereocenters. The summed E-state index contributed by atoms with van der Waals surface area (Å²) in [5.74, 6) is -2.75. The molecule has 0 aromatic rings. The number of hydrogen-bond acceptors (Lipinski definition) is 5. The molecule has 1 rings (SSSR count). The van der Waals surface area contributed by atoms with Crippen LogP contribution in [0.4, 0.5) is 0 Å². The van der Waals surface area contributed by atoms with Crippen LogP contribution in [-0.4, -0.2) is 64.4 Å². The van der Waals surface area contributed by atoms with E-state index in [4.69, 9.17) is 5.73 Å². The Balaban J connectivity index is 2.77. The fraction of sp³-hybridized carbons (Fsp3) is 0.778. The van der Waals surface area contributed by atoms with Gasteiger partial charge in [-0.3, -0.25) is 14.4 Å². The standard InChI is InChI=1S/C18H32N4O5/c1-9(2)13(19)16(24)20-11(5)17(25)22-8-6-7-12(22)15(23)21-14(10(3)4)18(26)27/h9-14H,6-8,19H2,1-5H3,(H,20,24)(H,21,23)(H,26,27). The first-order valence-corrected chi connectivity index (χ1v) is 9.37. The number of hydrogen-bond donors (Lipinski definition) is 4. The molecule has 3 amide bonds. The Bertz CT molecular complexity index is 578. The minimum absolute atomic E-state index is 0.0680. The Morgan fingerprint density at radius 2 is 1.63 bits per heavy atom. The lowest BCUT2D eigenvalue weighted by molar-refractivity contribution is -0.145. The molecule has 0 aromatic carbocycles. The average molecular weight is 384 g/mol. The van der Waals surface area contributed by atoms with Gasteiger partial charge in [-0.1, -0.05) is 27.7 Å². The van der Waals surface area contributed by atoms with Crippen LogP contribution >= 0.6 is 0 Å². The summed E-state index contributed by atoms with van der Waals surface area (Å²) < 4.78 is 0. The van der Waals surface area contributed by atoms with Crippen molar-refractivity contribution in [3.63, 3.8) is 0 Å². The van der Waals surface area contributed by atoms with E-state index >= 15 is 0 Å². The topological polar surface area (TPSA) is 142 Å². The molecule has 0 aliphatic carbocycles. The first-order valence-electron chi connectivity index (χ1n) is 9.37. The van der Waals surface area contributed by atoms with Crippen molar-refractivity contribution in [1.82, 2.24) is 15.5 Å². The molecule has 1 saturated heterocycles. The third kappa shape index (κ3) is 5.92. The molecule has 0 spiro atoms. The van der Waals surface area contributed by atoms with Crippen molar-refractivity contribution in [2.75, 3.05) is 6.54 Å². The molecule has 1 fully saturated rings. The van der Waals surface area contributed by atoms with Crippen LogP contribution in [0.15, 0.2) is 0 Å². The van der Waals surface area contributed by atoms with Gasteiger partial charge in [0, 0.05) is 6.54 Å². The van der Waals surface area contributed by atoms with Gasteiger partial charge in [0.15, 0.2) is 0 Å². The van der Waals surface area contributed by atoms with Crippen molar-refractivity contribution < 1.29 is 24.3 Å². The van der Waals surface area contributed by atoms with Crippen molar-refractivity contribution in [3.05, 3.63) is 0 Å². The number of amides is 3. The monoisotopic (exact) mass is 384 g/mol. The SMILES string of the molecule is CC(NC(=O)C(N)C(C)C)C(=O)N1CCCC1C(=O)NC(C(=O)O)C(C)C. The maximum absolute atomic E-state index is 12.7. The fourth-order valence-corrected chi connectivity index (χ4v) is 2.99. The minimum atomic E-state index is -1.11. The second-order valence-electron chi connectivity index (χ2n) is 7.76. The normalized spacial score (nSPS) is 20.3. The molecule has 27 heavy (non-hydrogen) atoms. The zero-order valence-electron chi connectivity index (χ0n) is 16.7. The van der Waals surface area contributed by atoms with Crippen molar-refractivity contribution >= 4 is 23.7 Å². The van der Waals surface area contributed by atoms with Crippen LogP contribution in [0.25, 0.3) is 0 Å². The Kier molecular flexibility index (Phi) is 8.20. The predicted molar refractivity (Wildman–Crippen MR) is 99.6 cm³/mol. The number of carboxylic acids is 1. The first kappa shape index (κ1) is 22.9. The Labute approximate surface area is 160 Å². The maximum Gasteiger partial charge on any atom is 0.326 e. The predicted octanol–water partition coefficient (Wildman–Crippen LogP) is -0.309. The molecule has 9 heteroatoms. The molecule has 1 heterocycles. The molecule has 0 radical (unpaired) electrons. The number of rotatable bonds is 8. The number of nitrogens with two attached hydrogens (primary N) is 1. The lowest BCUT2D eigenvalue weighted by atomic mass is 10.0. The number of aliphatic carboxylic acids is 1. The van der Waals surface area contributed by atoms with Gasteiger partial charge < -0.3 is 26.4 Å². The van der Waals surface area contributed by atoms with Crippen molar-refractivity contribution in [2.45, 2.75) is 71.6 Å². The number of carbonyl (C=O) groups is 4. The van der Waals surface area contributed by atoms with Gasteiger partial charge in [-0.25, -0.2) is 4.79 Å². The second kappa shape index (κ2) is 9.68. The van der Waals surface area contributed by atoms with E-state index in [-0.39, 0.29) is 17.7 Å². The highest BCUT2D eigenvalue weighted by Gasteiger charge is 2.38. The third-order valence-electron chi connectivity index (χ3n) is 4.82. The summed E-state index contributed by atoms with van der Waals surface area (Å²) in [6, 6.07) is -3.30. The molecule has 4 atom stereocenters. The summed E-state index contributed by atoms with van der Waals surface area (Å²) in [7, 11) is 0. The molecule has 0 saturated carbocycles. The summed E-state index contributed by atoms with van der Waals surface area (Å²) in [5, 5.41) is 14.3. The fourth-order valence-electron chi connectivity index (χ4n) is 2.99. The van der Waals surface area contributed by atoms with E-state index < -0.39 is 42.0 Å². The highest BCUT2D eigenvalue weighted by Crippen LogP contribution is 2.19. The van der Waals surface area contributed by atoms with Crippen LogP contribution in [0.5, 0.6) is 0 Å². The number of nitrogens with one attached hydrogen (secondary N) is 2. The average Bonchev–Trinajstić information content (AvgIpc) is 3.06. The smallest absolute Gasteiger partial charge is 0.326 e. The number of carboxylic acid groups (broad SMARTS) is 1. The maximum atomic E-state index is 12.7. The van der Waals surface area contributed by atoms with Gasteiger partial charge in [-0.05, 0) is 31.6 Å². The zero-order valence-corrected chi connectivity index (χ0v) is 16.7. The van der Waals surface area contributed by atoms with Crippen LogP contribution in [0.3, 0.4) is 0 Å². The third-order valence-corrected chi connectivity index (χ3v) is 4.82. The van der Waals surface area contributed by atoms with Gasteiger partial charge in [0.25, 0.3) is 0 Å². The van der Waals surface area contributed by atoms with Crippen LogP contribution in [0.1, 0.15) is 47.5 Å². The quantitative estimate of drug-likeness (QED) is 0.452. The van der Waals surface area contributed by atoms with Gasteiger partial charge in [-0.15, -0.1) is 0 Å². The summed E-state index contributed by atoms with van der Waals surface area (Å²) in [6.07, 6.45) is 1.09. The number of carbonyl (C=O) groups excluding carboxylic acids is 3. The summed E-state index contributed by atoms with van der Waals surface area (Å²) >= 11 is 0. The Morgan fingerprint density at radius 1 is 1.04 bits per heavy atom. The highest BCUT2D eigenvalue weighted by molar-refractivity contribution is 5.94. The van der Waals surface area contributed by atoms with Gasteiger partial charge in [0.2, 0.25) is 17.7 Å². The molecule has 5 N–H and O–H groups in total. The lowest BCUT2D eigenvalue weighted by Crippen LogP contribution is -2.56. The molecule has 0 bridgehead atoms.